The quantitative estimate of drug-likeness (QED) is 0.798. The number of rotatable bonds is 4. The molecule has 18 heavy (non-hydrogen) atoms. The van der Waals surface area contributed by atoms with E-state index in [0.717, 1.165) is 38.9 Å². The van der Waals surface area contributed by atoms with Crippen LogP contribution in [-0.2, 0) is 9.53 Å². The Morgan fingerprint density at radius 3 is 2.67 bits per heavy atom. The summed E-state index contributed by atoms with van der Waals surface area (Å²) in [5.74, 6) is 1.14. The summed E-state index contributed by atoms with van der Waals surface area (Å²) in [6.45, 7) is 3.78. The first-order chi connectivity index (χ1) is 8.66. The van der Waals surface area contributed by atoms with Crippen molar-refractivity contribution >= 4 is 5.91 Å². The molecule has 2 fully saturated rings. The van der Waals surface area contributed by atoms with E-state index in [1.165, 1.54) is 6.42 Å². The Hall–Kier alpha value is -0.610. The molecule has 0 radical (unpaired) electrons. The second kappa shape index (κ2) is 6.53. The Labute approximate surface area is 110 Å². The van der Waals surface area contributed by atoms with Crippen molar-refractivity contribution in [3.05, 3.63) is 0 Å². The van der Waals surface area contributed by atoms with Gasteiger partial charge < -0.3 is 15.8 Å². The third kappa shape index (κ3) is 3.69. The molecule has 4 heteroatoms. The molecular weight excluding hydrogens is 228 g/mol. The highest BCUT2D eigenvalue weighted by atomic mass is 16.5. The van der Waals surface area contributed by atoms with Crippen LogP contribution in [0.3, 0.4) is 0 Å². The van der Waals surface area contributed by atoms with Crippen LogP contribution in [0.25, 0.3) is 0 Å². The van der Waals surface area contributed by atoms with Crippen molar-refractivity contribution in [2.45, 2.75) is 57.5 Å². The van der Waals surface area contributed by atoms with Gasteiger partial charge in [-0.25, -0.2) is 0 Å². The van der Waals surface area contributed by atoms with Crippen LogP contribution < -0.4 is 11.1 Å². The molecule has 4 nitrogen and oxygen atoms in total. The third-order valence-electron chi connectivity index (χ3n) is 4.53. The molecule has 2 aliphatic rings. The van der Waals surface area contributed by atoms with E-state index in [1.807, 2.05) is 0 Å². The van der Waals surface area contributed by atoms with Crippen LogP contribution in [0, 0.1) is 11.8 Å². The van der Waals surface area contributed by atoms with Crippen molar-refractivity contribution in [2.75, 3.05) is 13.2 Å². The van der Waals surface area contributed by atoms with Crippen LogP contribution in [0.5, 0.6) is 0 Å². The molecule has 1 aliphatic carbocycles. The molecule has 3 atom stereocenters. The average Bonchev–Trinajstić information content (AvgIpc) is 2.76. The molecule has 1 saturated heterocycles. The van der Waals surface area contributed by atoms with Gasteiger partial charge in [0.05, 0.1) is 0 Å². The Kier molecular flexibility index (Phi) is 5.01. The Morgan fingerprint density at radius 1 is 1.33 bits per heavy atom. The molecule has 0 aromatic heterocycles. The Balaban J connectivity index is 1.72. The van der Waals surface area contributed by atoms with Crippen LogP contribution in [0.2, 0.25) is 0 Å². The van der Waals surface area contributed by atoms with Crippen molar-refractivity contribution in [2.24, 2.45) is 17.6 Å². The highest BCUT2D eigenvalue weighted by molar-refractivity contribution is 5.76. The van der Waals surface area contributed by atoms with Gasteiger partial charge in [0.1, 0.15) is 0 Å². The first-order valence-corrected chi connectivity index (χ1v) is 7.29. The van der Waals surface area contributed by atoms with Gasteiger partial charge >= 0.3 is 0 Å². The van der Waals surface area contributed by atoms with E-state index < -0.39 is 0 Å². The average molecular weight is 254 g/mol. The number of ether oxygens (including phenoxy) is 1. The number of nitrogens with two attached hydrogens (primary N) is 1. The molecule has 1 unspecified atom stereocenters. The number of carbonyl (C=O) groups excluding carboxylic acids is 1. The lowest BCUT2D eigenvalue weighted by Crippen LogP contribution is -2.41. The monoisotopic (exact) mass is 254 g/mol. The van der Waals surface area contributed by atoms with E-state index in [4.69, 9.17) is 10.5 Å². The van der Waals surface area contributed by atoms with E-state index >= 15 is 0 Å². The normalized spacial score (nSPS) is 31.2. The molecule has 104 valence electrons. The largest absolute Gasteiger partial charge is 0.381 e. The van der Waals surface area contributed by atoms with Gasteiger partial charge in [0, 0.05) is 31.7 Å². The van der Waals surface area contributed by atoms with E-state index in [0.29, 0.717) is 18.3 Å². The van der Waals surface area contributed by atoms with E-state index in [9.17, 15) is 4.79 Å². The minimum Gasteiger partial charge on any atom is -0.381 e. The Morgan fingerprint density at radius 2 is 2.06 bits per heavy atom. The Bertz CT molecular complexity index is 277. The molecule has 0 aromatic carbocycles. The molecule has 1 aliphatic heterocycles. The van der Waals surface area contributed by atoms with Gasteiger partial charge in [-0.2, -0.15) is 0 Å². The molecule has 1 heterocycles. The van der Waals surface area contributed by atoms with Crippen molar-refractivity contribution in [3.63, 3.8) is 0 Å². The summed E-state index contributed by atoms with van der Waals surface area (Å²) in [5, 5.41) is 3.15. The fourth-order valence-corrected chi connectivity index (χ4v) is 3.20. The summed E-state index contributed by atoms with van der Waals surface area (Å²) in [5.41, 5.74) is 6.00. The van der Waals surface area contributed by atoms with Gasteiger partial charge in [0.15, 0.2) is 0 Å². The lowest BCUT2D eigenvalue weighted by Gasteiger charge is -2.28. The summed E-state index contributed by atoms with van der Waals surface area (Å²) >= 11 is 0. The summed E-state index contributed by atoms with van der Waals surface area (Å²) in [4.78, 5) is 12.0. The SMILES string of the molecule is CC(NC(=O)C[C@@H]1CCC[C@H]1N)C1CCOCC1. The van der Waals surface area contributed by atoms with Gasteiger partial charge in [-0.3, -0.25) is 4.79 Å². The first-order valence-electron chi connectivity index (χ1n) is 7.29. The maximum atomic E-state index is 12.0. The molecule has 0 aromatic rings. The van der Waals surface area contributed by atoms with Crippen molar-refractivity contribution < 1.29 is 9.53 Å². The van der Waals surface area contributed by atoms with Crippen LogP contribution >= 0.6 is 0 Å². The zero-order chi connectivity index (χ0) is 13.0. The zero-order valence-electron chi connectivity index (χ0n) is 11.4. The van der Waals surface area contributed by atoms with Gasteiger partial charge in [-0.05, 0) is 44.4 Å². The van der Waals surface area contributed by atoms with Crippen molar-refractivity contribution in [1.29, 1.82) is 0 Å². The fraction of sp³-hybridized carbons (Fsp3) is 0.929. The minimum atomic E-state index is 0.177. The van der Waals surface area contributed by atoms with Crippen molar-refractivity contribution in [1.82, 2.24) is 5.32 Å². The second-order valence-electron chi connectivity index (χ2n) is 5.86. The second-order valence-corrected chi connectivity index (χ2v) is 5.86. The number of hydrogen-bond donors (Lipinski definition) is 2. The molecule has 2 rings (SSSR count). The molecule has 1 amide bonds. The summed E-state index contributed by atoms with van der Waals surface area (Å²) < 4.78 is 5.35. The van der Waals surface area contributed by atoms with E-state index in [2.05, 4.69) is 12.2 Å². The lowest BCUT2D eigenvalue weighted by atomic mass is 9.92. The highest BCUT2D eigenvalue weighted by Gasteiger charge is 2.27. The summed E-state index contributed by atoms with van der Waals surface area (Å²) in [6.07, 6.45) is 6.09. The molecular formula is C14H26N2O2. The third-order valence-corrected chi connectivity index (χ3v) is 4.53. The first kappa shape index (κ1) is 13.8. The lowest BCUT2D eigenvalue weighted by molar-refractivity contribution is -0.123. The predicted octanol–water partition coefficient (Wildman–Crippen LogP) is 1.44. The van der Waals surface area contributed by atoms with Gasteiger partial charge in [-0.15, -0.1) is 0 Å². The maximum absolute atomic E-state index is 12.0. The van der Waals surface area contributed by atoms with Gasteiger partial charge in [0.25, 0.3) is 0 Å². The van der Waals surface area contributed by atoms with Gasteiger partial charge in [-0.1, -0.05) is 6.42 Å². The van der Waals surface area contributed by atoms with E-state index in [1.54, 1.807) is 0 Å². The van der Waals surface area contributed by atoms with Gasteiger partial charge in [0.2, 0.25) is 5.91 Å². The smallest absolute Gasteiger partial charge is 0.220 e. The number of nitrogens with one attached hydrogen (secondary N) is 1. The summed E-state index contributed by atoms with van der Waals surface area (Å²) in [7, 11) is 0. The molecule has 3 N–H and O–H groups in total. The zero-order valence-corrected chi connectivity index (χ0v) is 11.4. The topological polar surface area (TPSA) is 64.4 Å². The minimum absolute atomic E-state index is 0.177. The number of carbonyl (C=O) groups is 1. The fourth-order valence-electron chi connectivity index (χ4n) is 3.20. The van der Waals surface area contributed by atoms with Crippen molar-refractivity contribution in [3.8, 4) is 0 Å². The summed E-state index contributed by atoms with van der Waals surface area (Å²) in [6, 6.07) is 0.494. The number of hydrogen-bond acceptors (Lipinski definition) is 3. The van der Waals surface area contributed by atoms with E-state index in [-0.39, 0.29) is 18.0 Å². The molecule has 0 bridgehead atoms. The number of amides is 1. The van der Waals surface area contributed by atoms with Crippen LogP contribution in [0.15, 0.2) is 0 Å². The van der Waals surface area contributed by atoms with Crippen LogP contribution in [0.4, 0.5) is 0 Å². The maximum Gasteiger partial charge on any atom is 0.220 e. The standard InChI is InChI=1S/C14H26N2O2/c1-10(11-5-7-18-8-6-11)16-14(17)9-12-3-2-4-13(12)15/h10-13H,2-9,15H2,1H3,(H,16,17)/t10?,12-,13+/m0/s1. The predicted molar refractivity (Wildman–Crippen MR) is 71.1 cm³/mol. The highest BCUT2D eigenvalue weighted by Crippen LogP contribution is 2.27. The molecule has 1 saturated carbocycles. The molecule has 0 spiro atoms. The van der Waals surface area contributed by atoms with Crippen LogP contribution in [-0.4, -0.2) is 31.2 Å². The van der Waals surface area contributed by atoms with Crippen LogP contribution in [0.1, 0.15) is 45.4 Å².